The van der Waals surface area contributed by atoms with Crippen molar-refractivity contribution in [3.63, 3.8) is 0 Å². The molecule has 9 nitrogen and oxygen atoms in total. The summed E-state index contributed by atoms with van der Waals surface area (Å²) in [6, 6.07) is 1.86. The molecular formula is C11H12N3NaO6. The number of nitro benzene ring substituents is 2. The van der Waals surface area contributed by atoms with Crippen LogP contribution in [-0.4, -0.2) is 21.9 Å². The molecule has 21 heavy (non-hydrogen) atoms. The molecule has 0 amide bonds. The van der Waals surface area contributed by atoms with Crippen molar-refractivity contribution in [2.45, 2.75) is 25.8 Å². The number of benzene rings is 1. The molecule has 0 saturated carbocycles. The Balaban J connectivity index is 0.00000400. The average Bonchev–Trinajstić information content (AvgIpc) is 2.37. The molecule has 0 aliphatic rings. The first kappa shape index (κ1) is 19.3. The zero-order chi connectivity index (χ0) is 15.3. The minimum absolute atomic E-state index is 0. The van der Waals surface area contributed by atoms with Crippen LogP contribution in [0.1, 0.15) is 19.8 Å². The molecule has 0 aliphatic heterocycles. The Hall–Kier alpha value is -1.71. The van der Waals surface area contributed by atoms with Crippen LogP contribution in [0.15, 0.2) is 18.2 Å². The summed E-state index contributed by atoms with van der Waals surface area (Å²) >= 11 is 0. The third kappa shape index (κ3) is 5.29. The number of nitrogens with zero attached hydrogens (tertiary/aromatic N) is 2. The van der Waals surface area contributed by atoms with Gasteiger partial charge in [-0.1, -0.05) is 13.3 Å². The zero-order valence-electron chi connectivity index (χ0n) is 11.6. The Morgan fingerprint density at radius 1 is 1.29 bits per heavy atom. The second-order valence-corrected chi connectivity index (χ2v) is 4.02. The third-order valence-corrected chi connectivity index (χ3v) is 2.58. The van der Waals surface area contributed by atoms with Crippen molar-refractivity contribution in [2.24, 2.45) is 0 Å². The minimum atomic E-state index is -1.39. The zero-order valence-corrected chi connectivity index (χ0v) is 13.6. The summed E-state index contributed by atoms with van der Waals surface area (Å²) < 4.78 is 0. The maximum Gasteiger partial charge on any atom is 1.00 e. The summed E-state index contributed by atoms with van der Waals surface area (Å²) in [5.74, 6) is -1.39. The first-order valence-corrected chi connectivity index (χ1v) is 5.77. The maximum atomic E-state index is 10.9. The van der Waals surface area contributed by atoms with Gasteiger partial charge in [0.1, 0.15) is 5.69 Å². The minimum Gasteiger partial charge on any atom is -0.548 e. The van der Waals surface area contributed by atoms with Gasteiger partial charge in [0, 0.05) is 6.07 Å². The SMILES string of the molecule is CCC[C@@H](Nc1ccc([N+](=O)[O-])cc1[N+](=O)[O-])C(=O)[O-].[Na+]. The number of nitrogens with one attached hydrogen (secondary N) is 1. The van der Waals surface area contributed by atoms with E-state index in [0.29, 0.717) is 6.42 Å². The quantitative estimate of drug-likeness (QED) is 0.344. The number of non-ortho nitro benzene ring substituents is 1. The van der Waals surface area contributed by atoms with Gasteiger partial charge >= 0.3 is 29.6 Å². The molecular weight excluding hydrogens is 293 g/mol. The van der Waals surface area contributed by atoms with Crippen molar-refractivity contribution in [1.29, 1.82) is 0 Å². The maximum absolute atomic E-state index is 10.9. The van der Waals surface area contributed by atoms with Crippen LogP contribution in [0.3, 0.4) is 0 Å². The van der Waals surface area contributed by atoms with E-state index in [1.54, 1.807) is 6.92 Å². The molecule has 0 saturated heterocycles. The Morgan fingerprint density at radius 3 is 2.33 bits per heavy atom. The van der Waals surface area contributed by atoms with Crippen LogP contribution in [0.5, 0.6) is 0 Å². The number of carbonyl (C=O) groups excluding carboxylic acids is 1. The van der Waals surface area contributed by atoms with Gasteiger partial charge in [-0.2, -0.15) is 0 Å². The van der Waals surface area contributed by atoms with Gasteiger partial charge in [0.15, 0.2) is 0 Å². The average molecular weight is 305 g/mol. The van der Waals surface area contributed by atoms with Crippen LogP contribution in [0.25, 0.3) is 0 Å². The number of anilines is 1. The van der Waals surface area contributed by atoms with E-state index in [4.69, 9.17) is 0 Å². The van der Waals surface area contributed by atoms with Gasteiger partial charge in [-0.3, -0.25) is 20.2 Å². The molecule has 0 spiro atoms. The Morgan fingerprint density at radius 2 is 1.90 bits per heavy atom. The monoisotopic (exact) mass is 305 g/mol. The van der Waals surface area contributed by atoms with Crippen molar-refractivity contribution >= 4 is 23.0 Å². The number of nitro groups is 2. The molecule has 0 unspecified atom stereocenters. The molecule has 0 bridgehead atoms. The number of hydrogen-bond donors (Lipinski definition) is 1. The largest absolute Gasteiger partial charge is 1.00 e. The topological polar surface area (TPSA) is 138 Å². The van der Waals surface area contributed by atoms with Gasteiger partial charge < -0.3 is 15.2 Å². The molecule has 1 rings (SSSR count). The van der Waals surface area contributed by atoms with Crippen molar-refractivity contribution in [3.05, 3.63) is 38.4 Å². The number of rotatable bonds is 7. The van der Waals surface area contributed by atoms with E-state index in [1.165, 1.54) is 0 Å². The van der Waals surface area contributed by atoms with Crippen LogP contribution < -0.4 is 40.0 Å². The van der Waals surface area contributed by atoms with Gasteiger partial charge in [0.05, 0.1) is 27.9 Å². The van der Waals surface area contributed by atoms with Crippen molar-refractivity contribution in [1.82, 2.24) is 0 Å². The molecule has 1 atom stereocenters. The van der Waals surface area contributed by atoms with Crippen LogP contribution in [0.2, 0.25) is 0 Å². The third-order valence-electron chi connectivity index (χ3n) is 2.58. The fourth-order valence-corrected chi connectivity index (χ4v) is 1.63. The van der Waals surface area contributed by atoms with Crippen LogP contribution >= 0.6 is 0 Å². The standard InChI is InChI=1S/C11H13N3O6.Na/c1-2-3-9(11(15)16)12-8-5-4-7(13(17)18)6-10(8)14(19)20;/h4-6,9,12H,2-3H2,1H3,(H,15,16);/q;+1/p-1/t9-;/m1./s1. The number of aliphatic carboxylic acids is 1. The summed E-state index contributed by atoms with van der Waals surface area (Å²) in [5.41, 5.74) is -1.09. The van der Waals surface area contributed by atoms with E-state index in [0.717, 1.165) is 18.2 Å². The van der Waals surface area contributed by atoms with Crippen molar-refractivity contribution in [2.75, 3.05) is 5.32 Å². The van der Waals surface area contributed by atoms with Crippen LogP contribution in [0.4, 0.5) is 17.1 Å². The molecule has 0 aromatic heterocycles. The summed E-state index contributed by atoms with van der Waals surface area (Å²) in [4.78, 5) is 30.8. The molecule has 0 heterocycles. The van der Waals surface area contributed by atoms with E-state index in [1.807, 2.05) is 0 Å². The second kappa shape index (κ2) is 8.55. The first-order chi connectivity index (χ1) is 9.36. The number of carboxylic acids is 1. The molecule has 0 fully saturated rings. The predicted molar refractivity (Wildman–Crippen MR) is 67.1 cm³/mol. The Bertz CT molecular complexity index is 551. The number of carbonyl (C=O) groups is 1. The first-order valence-electron chi connectivity index (χ1n) is 5.77. The van der Waals surface area contributed by atoms with Crippen LogP contribution in [-0.2, 0) is 4.79 Å². The fourth-order valence-electron chi connectivity index (χ4n) is 1.63. The molecule has 0 radical (unpaired) electrons. The van der Waals surface area contributed by atoms with Gasteiger partial charge in [-0.15, -0.1) is 0 Å². The summed E-state index contributed by atoms with van der Waals surface area (Å²) in [7, 11) is 0. The van der Waals surface area contributed by atoms with Crippen LogP contribution in [0, 0.1) is 20.2 Å². The van der Waals surface area contributed by atoms with Crippen molar-refractivity contribution in [3.8, 4) is 0 Å². The van der Waals surface area contributed by atoms with Gasteiger partial charge in [0.2, 0.25) is 0 Å². The normalized spacial score (nSPS) is 11.1. The Kier molecular flexibility index (Phi) is 7.85. The van der Waals surface area contributed by atoms with E-state index >= 15 is 0 Å². The van der Waals surface area contributed by atoms with Gasteiger partial charge in [-0.05, 0) is 12.5 Å². The number of hydrogen-bond acceptors (Lipinski definition) is 7. The smallest absolute Gasteiger partial charge is 0.548 e. The second-order valence-electron chi connectivity index (χ2n) is 4.02. The van der Waals surface area contributed by atoms with Crippen molar-refractivity contribution < 1.29 is 49.3 Å². The van der Waals surface area contributed by atoms with Gasteiger partial charge in [0.25, 0.3) is 11.4 Å². The molecule has 108 valence electrons. The number of carboxylic acid groups (broad SMARTS) is 1. The van der Waals surface area contributed by atoms with E-state index in [-0.39, 0.29) is 41.7 Å². The molecule has 10 heteroatoms. The molecule has 1 aromatic carbocycles. The summed E-state index contributed by atoms with van der Waals surface area (Å²) in [6.45, 7) is 1.75. The Labute approximate surface area is 141 Å². The predicted octanol–water partition coefficient (Wildman–Crippen LogP) is -2.16. The summed E-state index contributed by atoms with van der Waals surface area (Å²) in [6.07, 6.45) is 0.753. The molecule has 1 N–H and O–H groups in total. The van der Waals surface area contributed by atoms with E-state index < -0.39 is 33.2 Å². The van der Waals surface area contributed by atoms with E-state index in [2.05, 4.69) is 5.32 Å². The van der Waals surface area contributed by atoms with E-state index in [9.17, 15) is 30.1 Å². The molecule has 0 aliphatic carbocycles. The molecule has 1 aromatic rings. The van der Waals surface area contributed by atoms with Gasteiger partial charge in [-0.25, -0.2) is 0 Å². The summed E-state index contributed by atoms with van der Waals surface area (Å²) in [5, 5.41) is 34.8. The fraction of sp³-hybridized carbons (Fsp3) is 0.364.